The summed E-state index contributed by atoms with van der Waals surface area (Å²) >= 11 is 0. The molecule has 2 heteroatoms. The maximum atomic E-state index is 10.8. The Hall–Kier alpha value is -0.370. The highest BCUT2D eigenvalue weighted by molar-refractivity contribution is 5.80. The Labute approximate surface area is 68.9 Å². The molecule has 0 heterocycles. The van der Waals surface area contributed by atoms with Crippen molar-refractivity contribution in [1.82, 2.24) is 0 Å². The van der Waals surface area contributed by atoms with Gasteiger partial charge < -0.3 is 4.74 Å². The predicted octanol–water partition coefficient (Wildman–Crippen LogP) is 2.17. The van der Waals surface area contributed by atoms with Crippen LogP contribution in [0.4, 0.5) is 0 Å². The van der Waals surface area contributed by atoms with Crippen LogP contribution >= 0.6 is 0 Å². The lowest BCUT2D eigenvalue weighted by Crippen LogP contribution is -2.19. The van der Waals surface area contributed by atoms with Gasteiger partial charge in [-0.2, -0.15) is 0 Å². The van der Waals surface area contributed by atoms with E-state index in [1.54, 1.807) is 14.0 Å². The average Bonchev–Trinajstić information content (AvgIpc) is 1.97. The second kappa shape index (κ2) is 6.35. The summed E-state index contributed by atoms with van der Waals surface area (Å²) in [4.78, 5) is 10.8. The monoisotopic (exact) mass is 158 g/mol. The molecular formula is C9H18O2. The maximum Gasteiger partial charge on any atom is 0.158 e. The van der Waals surface area contributed by atoms with Gasteiger partial charge in [0.25, 0.3) is 0 Å². The number of ketones is 1. The van der Waals surface area contributed by atoms with Gasteiger partial charge in [0.1, 0.15) is 6.10 Å². The average molecular weight is 158 g/mol. The van der Waals surface area contributed by atoms with Crippen molar-refractivity contribution in [2.45, 2.75) is 45.6 Å². The van der Waals surface area contributed by atoms with E-state index in [0.29, 0.717) is 0 Å². The molecule has 0 spiro atoms. The zero-order valence-corrected chi connectivity index (χ0v) is 7.72. The van der Waals surface area contributed by atoms with Crippen molar-refractivity contribution in [2.75, 3.05) is 7.11 Å². The largest absolute Gasteiger partial charge is 0.374 e. The molecule has 0 fully saturated rings. The number of rotatable bonds is 6. The number of hydrogen-bond acceptors (Lipinski definition) is 2. The van der Waals surface area contributed by atoms with Crippen LogP contribution in [0.25, 0.3) is 0 Å². The summed E-state index contributed by atoms with van der Waals surface area (Å²) in [5.41, 5.74) is 0. The van der Waals surface area contributed by atoms with Gasteiger partial charge in [0.2, 0.25) is 0 Å². The van der Waals surface area contributed by atoms with Crippen LogP contribution in [0.2, 0.25) is 0 Å². The quantitative estimate of drug-likeness (QED) is 0.554. The number of ether oxygens (including phenoxy) is 1. The van der Waals surface area contributed by atoms with Crippen LogP contribution in [0.15, 0.2) is 0 Å². The summed E-state index contributed by atoms with van der Waals surface area (Å²) in [5, 5.41) is 0. The molecule has 1 atom stereocenters. The molecule has 0 aromatic rings. The normalized spacial score (nSPS) is 13.0. The third-order valence-corrected chi connectivity index (χ3v) is 1.81. The number of Topliss-reactive ketones (excluding diaryl/α,β-unsaturated/α-hetero) is 1. The molecule has 0 rings (SSSR count). The predicted molar refractivity (Wildman–Crippen MR) is 45.6 cm³/mol. The van der Waals surface area contributed by atoms with E-state index in [-0.39, 0.29) is 11.9 Å². The molecule has 0 aromatic carbocycles. The number of unbranched alkanes of at least 4 members (excludes halogenated alkanes) is 2. The van der Waals surface area contributed by atoms with Gasteiger partial charge in [0.15, 0.2) is 5.78 Å². The van der Waals surface area contributed by atoms with Gasteiger partial charge in [-0.05, 0) is 13.3 Å². The van der Waals surface area contributed by atoms with Gasteiger partial charge >= 0.3 is 0 Å². The molecule has 0 amide bonds. The number of carbonyl (C=O) groups is 1. The molecule has 0 saturated heterocycles. The van der Waals surface area contributed by atoms with Crippen LogP contribution in [0.5, 0.6) is 0 Å². The van der Waals surface area contributed by atoms with Gasteiger partial charge in [-0.3, -0.25) is 4.79 Å². The van der Waals surface area contributed by atoms with E-state index in [0.717, 1.165) is 12.8 Å². The molecular weight excluding hydrogens is 140 g/mol. The molecule has 0 aliphatic rings. The Bertz CT molecular complexity index is 110. The van der Waals surface area contributed by atoms with E-state index < -0.39 is 0 Å². The van der Waals surface area contributed by atoms with Crippen LogP contribution in [0, 0.1) is 0 Å². The van der Waals surface area contributed by atoms with Crippen LogP contribution in [0.1, 0.15) is 39.5 Å². The van der Waals surface area contributed by atoms with E-state index in [1.165, 1.54) is 12.8 Å². The molecule has 11 heavy (non-hydrogen) atoms. The first kappa shape index (κ1) is 10.6. The lowest BCUT2D eigenvalue weighted by molar-refractivity contribution is -0.126. The van der Waals surface area contributed by atoms with Crippen molar-refractivity contribution < 1.29 is 9.53 Å². The zero-order valence-electron chi connectivity index (χ0n) is 7.72. The van der Waals surface area contributed by atoms with Crippen LogP contribution in [0.3, 0.4) is 0 Å². The number of methoxy groups -OCH3 is 1. The van der Waals surface area contributed by atoms with Gasteiger partial charge in [-0.1, -0.05) is 26.2 Å². The fraction of sp³-hybridized carbons (Fsp3) is 0.889. The molecule has 0 radical (unpaired) electrons. The molecule has 0 aliphatic carbocycles. The summed E-state index contributed by atoms with van der Waals surface area (Å²) in [5.74, 6) is 0.142. The van der Waals surface area contributed by atoms with E-state index in [9.17, 15) is 4.79 Å². The lowest BCUT2D eigenvalue weighted by atomic mass is 10.1. The maximum absolute atomic E-state index is 10.8. The Kier molecular flexibility index (Phi) is 6.13. The summed E-state index contributed by atoms with van der Waals surface area (Å²) in [7, 11) is 1.60. The van der Waals surface area contributed by atoms with E-state index in [4.69, 9.17) is 4.74 Å². The van der Waals surface area contributed by atoms with Crippen molar-refractivity contribution in [3.8, 4) is 0 Å². The Morgan fingerprint density at radius 3 is 2.45 bits per heavy atom. The van der Waals surface area contributed by atoms with Crippen molar-refractivity contribution in [3.63, 3.8) is 0 Å². The molecule has 0 aliphatic heterocycles. The minimum absolute atomic E-state index is 0.142. The minimum Gasteiger partial charge on any atom is -0.374 e. The standard InChI is InChI=1S/C9H18O2/c1-4-5-6-7-9(11-3)8(2)10/h9H,4-7H2,1-3H3. The fourth-order valence-electron chi connectivity index (χ4n) is 1.07. The zero-order chi connectivity index (χ0) is 8.69. The third kappa shape index (κ3) is 4.96. The molecule has 0 saturated carbocycles. The first-order valence-corrected chi connectivity index (χ1v) is 4.25. The summed E-state index contributed by atoms with van der Waals surface area (Å²) < 4.78 is 5.01. The minimum atomic E-state index is -0.165. The van der Waals surface area contributed by atoms with Gasteiger partial charge in [-0.25, -0.2) is 0 Å². The second-order valence-electron chi connectivity index (χ2n) is 2.83. The topological polar surface area (TPSA) is 26.3 Å². The summed E-state index contributed by atoms with van der Waals surface area (Å²) in [6.45, 7) is 3.73. The third-order valence-electron chi connectivity index (χ3n) is 1.81. The van der Waals surface area contributed by atoms with E-state index >= 15 is 0 Å². The second-order valence-corrected chi connectivity index (χ2v) is 2.83. The fourth-order valence-corrected chi connectivity index (χ4v) is 1.07. The molecule has 0 bridgehead atoms. The first-order chi connectivity index (χ1) is 5.22. The molecule has 66 valence electrons. The molecule has 1 unspecified atom stereocenters. The molecule has 0 aromatic heterocycles. The highest BCUT2D eigenvalue weighted by Crippen LogP contribution is 2.06. The Balaban J connectivity index is 3.44. The van der Waals surface area contributed by atoms with Crippen molar-refractivity contribution in [3.05, 3.63) is 0 Å². The highest BCUT2D eigenvalue weighted by atomic mass is 16.5. The van der Waals surface area contributed by atoms with Crippen molar-refractivity contribution in [1.29, 1.82) is 0 Å². The van der Waals surface area contributed by atoms with Crippen LogP contribution in [-0.4, -0.2) is 19.0 Å². The molecule has 2 nitrogen and oxygen atoms in total. The van der Waals surface area contributed by atoms with E-state index in [1.807, 2.05) is 0 Å². The highest BCUT2D eigenvalue weighted by Gasteiger charge is 2.10. The van der Waals surface area contributed by atoms with Crippen molar-refractivity contribution >= 4 is 5.78 Å². The SMILES string of the molecule is CCCCCC(OC)C(C)=O. The van der Waals surface area contributed by atoms with E-state index in [2.05, 4.69) is 6.92 Å². The molecule has 0 N–H and O–H groups in total. The first-order valence-electron chi connectivity index (χ1n) is 4.25. The smallest absolute Gasteiger partial charge is 0.158 e. The number of carbonyl (C=O) groups excluding carboxylic acids is 1. The number of hydrogen-bond donors (Lipinski definition) is 0. The summed E-state index contributed by atoms with van der Waals surface area (Å²) in [6.07, 6.45) is 4.18. The Morgan fingerprint density at radius 1 is 1.45 bits per heavy atom. The van der Waals surface area contributed by atoms with Crippen molar-refractivity contribution in [2.24, 2.45) is 0 Å². The van der Waals surface area contributed by atoms with Crippen LogP contribution in [-0.2, 0) is 9.53 Å². The van der Waals surface area contributed by atoms with Crippen LogP contribution < -0.4 is 0 Å². The van der Waals surface area contributed by atoms with Gasteiger partial charge in [-0.15, -0.1) is 0 Å². The van der Waals surface area contributed by atoms with Gasteiger partial charge in [0, 0.05) is 7.11 Å². The summed E-state index contributed by atoms with van der Waals surface area (Å²) in [6, 6.07) is 0. The Morgan fingerprint density at radius 2 is 2.09 bits per heavy atom. The lowest BCUT2D eigenvalue weighted by Gasteiger charge is -2.10. The van der Waals surface area contributed by atoms with Gasteiger partial charge in [0.05, 0.1) is 0 Å².